The number of rotatable bonds is 7. The van der Waals surface area contributed by atoms with Gasteiger partial charge in [0.1, 0.15) is 0 Å². The molecular weight excluding hydrogens is 601 g/mol. The van der Waals surface area contributed by atoms with Gasteiger partial charge in [-0.05, 0) is 48.9 Å². The highest BCUT2D eigenvalue weighted by Gasteiger charge is 2.37. The van der Waals surface area contributed by atoms with E-state index < -0.39 is 41.5 Å². The number of carbonyl (C=O) groups excluding carboxylic acids is 1. The Morgan fingerprint density at radius 1 is 0.925 bits per heavy atom. The molecule has 0 saturated carbocycles. The predicted molar refractivity (Wildman–Crippen MR) is 140 cm³/mol. The number of aromatic nitrogens is 3. The second kappa shape index (κ2) is 11.7. The molecule has 0 aliphatic heterocycles. The molecule has 0 aliphatic rings. The summed E-state index contributed by atoms with van der Waals surface area (Å²) in [5.74, 6) is -0.556. The van der Waals surface area contributed by atoms with Crippen molar-refractivity contribution in [2.75, 3.05) is 0 Å². The van der Waals surface area contributed by atoms with Crippen LogP contribution in [0.3, 0.4) is 0 Å². The Balaban J connectivity index is 1.65. The number of alkyl halides is 6. The van der Waals surface area contributed by atoms with Gasteiger partial charge in [-0.1, -0.05) is 64.8 Å². The summed E-state index contributed by atoms with van der Waals surface area (Å²) in [6.07, 6.45) is -10.2. The molecular formula is C26H18Cl2F6N4OS. The predicted octanol–water partition coefficient (Wildman–Crippen LogP) is 8.14. The lowest BCUT2D eigenvalue weighted by molar-refractivity contribution is -0.143. The van der Waals surface area contributed by atoms with E-state index in [0.717, 1.165) is 11.1 Å². The third-order valence-corrected chi connectivity index (χ3v) is 7.11. The fourth-order valence-corrected chi connectivity index (χ4v) is 4.98. The van der Waals surface area contributed by atoms with Crippen molar-refractivity contribution < 1.29 is 31.1 Å². The van der Waals surface area contributed by atoms with Gasteiger partial charge in [0.25, 0.3) is 5.91 Å². The first-order chi connectivity index (χ1) is 18.7. The number of nitrogens with zero attached hydrogens (tertiary/aromatic N) is 3. The van der Waals surface area contributed by atoms with Crippen LogP contribution in [0.5, 0.6) is 0 Å². The fourth-order valence-electron chi connectivity index (χ4n) is 3.70. The number of halogens is 8. The molecule has 1 N–H and O–H groups in total. The third-order valence-electron chi connectivity index (χ3n) is 5.56. The lowest BCUT2D eigenvalue weighted by atomic mass is 10.0. The molecule has 0 spiro atoms. The Morgan fingerprint density at radius 3 is 2.23 bits per heavy atom. The first-order valence-electron chi connectivity index (χ1n) is 11.4. The van der Waals surface area contributed by atoms with Gasteiger partial charge in [0.05, 0.1) is 28.4 Å². The standard InChI is InChI=1S/C26H18Cl2F6N4OS/c1-14-3-2-4-15(7-14)13-40-24-37-36-22(38(24)21-11-19(27)5-6-20(21)28)12-35-23(39)16-8-17(25(29,30)31)10-18(9-16)26(32,33)34/h2-11H,12-13H2,1H3,(H,35,39). The summed E-state index contributed by atoms with van der Waals surface area (Å²) in [5, 5.41) is 11.6. The Morgan fingerprint density at radius 2 is 1.60 bits per heavy atom. The zero-order valence-electron chi connectivity index (χ0n) is 20.4. The van der Waals surface area contributed by atoms with E-state index in [1.165, 1.54) is 28.5 Å². The van der Waals surface area contributed by atoms with Gasteiger partial charge in [-0.3, -0.25) is 9.36 Å². The van der Waals surface area contributed by atoms with Gasteiger partial charge >= 0.3 is 12.4 Å². The number of carbonyl (C=O) groups is 1. The molecule has 1 aromatic heterocycles. The maximum atomic E-state index is 13.2. The SMILES string of the molecule is Cc1cccc(CSc2nnc(CNC(=O)c3cc(C(F)(F)F)cc(C(F)(F)F)c3)n2-c2cc(Cl)ccc2Cl)c1. The second-order valence-electron chi connectivity index (χ2n) is 8.58. The number of thioether (sulfide) groups is 1. The van der Waals surface area contributed by atoms with Crippen LogP contribution in [-0.2, 0) is 24.7 Å². The van der Waals surface area contributed by atoms with Crippen LogP contribution >= 0.6 is 35.0 Å². The minimum atomic E-state index is -5.09. The largest absolute Gasteiger partial charge is 0.416 e. The van der Waals surface area contributed by atoms with Gasteiger partial charge in [0.15, 0.2) is 11.0 Å². The number of amides is 1. The monoisotopic (exact) mass is 618 g/mol. The molecule has 0 aliphatic carbocycles. The molecule has 0 atom stereocenters. The molecule has 4 rings (SSSR count). The number of aryl methyl sites for hydroxylation is 1. The van der Waals surface area contributed by atoms with Crippen molar-refractivity contribution in [3.05, 3.63) is 104 Å². The van der Waals surface area contributed by atoms with Gasteiger partial charge in [-0.2, -0.15) is 26.3 Å². The van der Waals surface area contributed by atoms with Crippen LogP contribution in [0.2, 0.25) is 10.0 Å². The number of benzene rings is 3. The highest BCUT2D eigenvalue weighted by molar-refractivity contribution is 7.98. The van der Waals surface area contributed by atoms with E-state index in [1.54, 1.807) is 6.07 Å². The first-order valence-corrected chi connectivity index (χ1v) is 13.1. The van der Waals surface area contributed by atoms with Crippen LogP contribution in [0.1, 0.15) is 38.4 Å². The molecule has 0 fully saturated rings. The molecule has 1 heterocycles. The summed E-state index contributed by atoms with van der Waals surface area (Å²) >= 11 is 13.9. The van der Waals surface area contributed by atoms with Gasteiger partial charge in [-0.15, -0.1) is 10.2 Å². The number of nitrogens with one attached hydrogen (secondary N) is 1. The minimum absolute atomic E-state index is 0.0493. The van der Waals surface area contributed by atoms with Crippen LogP contribution in [-0.4, -0.2) is 20.7 Å². The van der Waals surface area contributed by atoms with E-state index in [9.17, 15) is 31.1 Å². The summed E-state index contributed by atoms with van der Waals surface area (Å²) < 4.78 is 80.9. The minimum Gasteiger partial charge on any atom is -0.345 e. The van der Waals surface area contributed by atoms with E-state index in [0.29, 0.717) is 33.8 Å². The Hall–Kier alpha value is -3.22. The number of hydrogen-bond donors (Lipinski definition) is 1. The molecule has 0 radical (unpaired) electrons. The van der Waals surface area contributed by atoms with Gasteiger partial charge in [0, 0.05) is 16.3 Å². The molecule has 5 nitrogen and oxygen atoms in total. The average molecular weight is 619 g/mol. The normalized spacial score (nSPS) is 12.0. The van der Waals surface area contributed by atoms with Crippen molar-refractivity contribution in [3.8, 4) is 5.69 Å². The third kappa shape index (κ3) is 7.10. The summed E-state index contributed by atoms with van der Waals surface area (Å²) in [7, 11) is 0. The van der Waals surface area contributed by atoms with Crippen LogP contribution in [0.15, 0.2) is 65.8 Å². The topological polar surface area (TPSA) is 59.8 Å². The van der Waals surface area contributed by atoms with Gasteiger partial charge < -0.3 is 5.32 Å². The molecule has 40 heavy (non-hydrogen) atoms. The quantitative estimate of drug-likeness (QED) is 0.168. The van der Waals surface area contributed by atoms with Crippen molar-refractivity contribution in [2.45, 2.75) is 36.7 Å². The van der Waals surface area contributed by atoms with Crippen LogP contribution in [0.4, 0.5) is 26.3 Å². The molecule has 1 amide bonds. The van der Waals surface area contributed by atoms with E-state index in [-0.39, 0.29) is 16.9 Å². The zero-order valence-corrected chi connectivity index (χ0v) is 22.7. The lowest BCUT2D eigenvalue weighted by Crippen LogP contribution is -2.26. The Bertz CT molecular complexity index is 1520. The van der Waals surface area contributed by atoms with Crippen molar-refractivity contribution in [1.29, 1.82) is 0 Å². The van der Waals surface area contributed by atoms with E-state index in [1.807, 2.05) is 31.2 Å². The molecule has 210 valence electrons. The molecule has 3 aromatic carbocycles. The lowest BCUT2D eigenvalue weighted by Gasteiger charge is -2.15. The van der Waals surface area contributed by atoms with E-state index >= 15 is 0 Å². The summed E-state index contributed by atoms with van der Waals surface area (Å²) in [6, 6.07) is 13.1. The molecule has 0 bridgehead atoms. The highest BCUT2D eigenvalue weighted by atomic mass is 35.5. The van der Waals surface area contributed by atoms with Gasteiger partial charge in [-0.25, -0.2) is 0 Å². The first kappa shape index (κ1) is 29.8. The molecule has 0 unspecified atom stereocenters. The molecule has 14 heteroatoms. The zero-order chi connectivity index (χ0) is 29.2. The second-order valence-corrected chi connectivity index (χ2v) is 10.4. The highest BCUT2D eigenvalue weighted by Crippen LogP contribution is 2.36. The maximum Gasteiger partial charge on any atom is 0.416 e. The maximum absolute atomic E-state index is 13.2. The molecule has 4 aromatic rings. The van der Waals surface area contributed by atoms with Crippen molar-refractivity contribution in [1.82, 2.24) is 20.1 Å². The molecule has 0 saturated heterocycles. The summed E-state index contributed by atoms with van der Waals surface area (Å²) in [4.78, 5) is 12.7. The smallest absolute Gasteiger partial charge is 0.345 e. The summed E-state index contributed by atoms with van der Waals surface area (Å²) in [5.41, 5.74) is -1.59. The summed E-state index contributed by atoms with van der Waals surface area (Å²) in [6.45, 7) is 1.56. The van der Waals surface area contributed by atoms with Crippen molar-refractivity contribution in [3.63, 3.8) is 0 Å². The Kier molecular flexibility index (Phi) is 8.72. The fraction of sp³-hybridized carbons (Fsp3) is 0.192. The average Bonchev–Trinajstić information content (AvgIpc) is 3.28. The van der Waals surface area contributed by atoms with Crippen LogP contribution in [0, 0.1) is 6.92 Å². The van der Waals surface area contributed by atoms with Gasteiger partial charge in [0.2, 0.25) is 0 Å². The van der Waals surface area contributed by atoms with Crippen LogP contribution < -0.4 is 5.32 Å². The van der Waals surface area contributed by atoms with E-state index in [4.69, 9.17) is 23.2 Å². The van der Waals surface area contributed by atoms with Crippen molar-refractivity contribution in [2.24, 2.45) is 0 Å². The van der Waals surface area contributed by atoms with Crippen LogP contribution in [0.25, 0.3) is 5.69 Å². The Labute approximate surface area is 238 Å². The van der Waals surface area contributed by atoms with Crippen molar-refractivity contribution >= 4 is 40.9 Å². The van der Waals surface area contributed by atoms with E-state index in [2.05, 4.69) is 15.5 Å². The number of hydrogen-bond acceptors (Lipinski definition) is 4.